The number of hydrogen-bond donors (Lipinski definition) is 2. The van der Waals surface area contributed by atoms with Gasteiger partial charge in [0.05, 0.1) is 6.20 Å². The zero-order valence-electron chi connectivity index (χ0n) is 11.5. The molecule has 19 heavy (non-hydrogen) atoms. The number of rotatable bonds is 5. The van der Waals surface area contributed by atoms with Gasteiger partial charge in [-0.15, -0.1) is 0 Å². The van der Waals surface area contributed by atoms with E-state index in [9.17, 15) is 9.90 Å². The molecule has 1 aliphatic rings. The molecule has 0 saturated carbocycles. The number of amides is 1. The zero-order chi connectivity index (χ0) is 13.8. The van der Waals surface area contributed by atoms with Gasteiger partial charge in [-0.05, 0) is 6.92 Å². The van der Waals surface area contributed by atoms with Gasteiger partial charge in [-0.2, -0.15) is 5.10 Å². The summed E-state index contributed by atoms with van der Waals surface area (Å²) in [4.78, 5) is 13.4. The fraction of sp³-hybridized carbons (Fsp3) is 0.692. The molecule has 0 aliphatic carbocycles. The van der Waals surface area contributed by atoms with Crippen molar-refractivity contribution in [2.24, 2.45) is 5.92 Å². The first-order valence-electron chi connectivity index (χ1n) is 6.74. The Labute approximate surface area is 113 Å². The first-order valence-corrected chi connectivity index (χ1v) is 6.74. The SMILES string of the molecule is CCn1cc(CN2C[C@@H](CO)[C@H](NC(C)=O)C2)cn1. The van der Waals surface area contributed by atoms with Crippen molar-refractivity contribution >= 4 is 5.91 Å². The standard InChI is InChI=1S/C13H22N4O2/c1-3-17-6-11(4-14-17)5-16-7-12(9-18)13(8-16)15-10(2)19/h4,6,12-13,18H,3,5,7-9H2,1-2H3,(H,15,19)/t12-,13+/m0/s1. The summed E-state index contributed by atoms with van der Waals surface area (Å²) >= 11 is 0. The lowest BCUT2D eigenvalue weighted by atomic mass is 10.1. The van der Waals surface area contributed by atoms with E-state index in [1.807, 2.05) is 17.1 Å². The van der Waals surface area contributed by atoms with Crippen LogP contribution in [0.1, 0.15) is 19.4 Å². The molecule has 106 valence electrons. The van der Waals surface area contributed by atoms with E-state index >= 15 is 0 Å². The van der Waals surface area contributed by atoms with Gasteiger partial charge >= 0.3 is 0 Å². The number of aromatic nitrogens is 2. The Morgan fingerprint density at radius 2 is 2.37 bits per heavy atom. The molecule has 1 saturated heterocycles. The van der Waals surface area contributed by atoms with Crippen molar-refractivity contribution in [2.75, 3.05) is 19.7 Å². The number of likely N-dealkylation sites (tertiary alicyclic amines) is 1. The smallest absolute Gasteiger partial charge is 0.217 e. The molecule has 2 rings (SSSR count). The average Bonchev–Trinajstić information content (AvgIpc) is 2.96. The van der Waals surface area contributed by atoms with Gasteiger partial charge in [-0.3, -0.25) is 14.4 Å². The van der Waals surface area contributed by atoms with Crippen LogP contribution in [-0.2, 0) is 17.9 Å². The predicted octanol–water partition coefficient (Wildman–Crippen LogP) is -0.168. The quantitative estimate of drug-likeness (QED) is 0.776. The van der Waals surface area contributed by atoms with Crippen LogP contribution < -0.4 is 5.32 Å². The van der Waals surface area contributed by atoms with Crippen molar-refractivity contribution in [2.45, 2.75) is 33.0 Å². The third-order valence-electron chi connectivity index (χ3n) is 3.56. The monoisotopic (exact) mass is 266 g/mol. The minimum absolute atomic E-state index is 0.0379. The third-order valence-corrected chi connectivity index (χ3v) is 3.56. The number of aliphatic hydroxyl groups is 1. The van der Waals surface area contributed by atoms with Gasteiger partial charge in [0, 0.05) is 63.4 Å². The van der Waals surface area contributed by atoms with E-state index < -0.39 is 0 Å². The number of carbonyl (C=O) groups is 1. The van der Waals surface area contributed by atoms with Gasteiger partial charge in [-0.1, -0.05) is 0 Å². The molecular weight excluding hydrogens is 244 g/mol. The first-order chi connectivity index (χ1) is 9.12. The van der Waals surface area contributed by atoms with Gasteiger partial charge in [0.25, 0.3) is 0 Å². The van der Waals surface area contributed by atoms with Gasteiger partial charge in [-0.25, -0.2) is 0 Å². The van der Waals surface area contributed by atoms with Crippen LogP contribution in [0, 0.1) is 5.92 Å². The summed E-state index contributed by atoms with van der Waals surface area (Å²) < 4.78 is 1.90. The van der Waals surface area contributed by atoms with Crippen LogP contribution in [0.2, 0.25) is 0 Å². The Morgan fingerprint density at radius 1 is 1.58 bits per heavy atom. The second kappa shape index (κ2) is 6.16. The zero-order valence-corrected chi connectivity index (χ0v) is 11.5. The maximum Gasteiger partial charge on any atom is 0.217 e. The van der Waals surface area contributed by atoms with E-state index in [1.54, 1.807) is 0 Å². The summed E-state index contributed by atoms with van der Waals surface area (Å²) in [6.07, 6.45) is 3.92. The van der Waals surface area contributed by atoms with E-state index in [-0.39, 0.29) is 24.5 Å². The van der Waals surface area contributed by atoms with Crippen LogP contribution in [0.25, 0.3) is 0 Å². The highest BCUT2D eigenvalue weighted by Crippen LogP contribution is 2.19. The molecule has 0 unspecified atom stereocenters. The van der Waals surface area contributed by atoms with Crippen LogP contribution in [0.15, 0.2) is 12.4 Å². The summed E-state index contributed by atoms with van der Waals surface area (Å²) in [5.41, 5.74) is 1.17. The topological polar surface area (TPSA) is 70.4 Å². The summed E-state index contributed by atoms with van der Waals surface area (Å²) in [6.45, 7) is 6.94. The number of carbonyl (C=O) groups excluding carboxylic acids is 1. The van der Waals surface area contributed by atoms with E-state index in [4.69, 9.17) is 0 Å². The molecule has 0 spiro atoms. The van der Waals surface area contributed by atoms with Crippen LogP contribution in [-0.4, -0.2) is 51.4 Å². The first kappa shape index (κ1) is 14.0. The third kappa shape index (κ3) is 3.54. The Hall–Kier alpha value is -1.40. The average molecular weight is 266 g/mol. The van der Waals surface area contributed by atoms with Gasteiger partial charge in [0.15, 0.2) is 0 Å². The number of nitrogens with one attached hydrogen (secondary N) is 1. The molecule has 2 atom stereocenters. The molecule has 1 amide bonds. The van der Waals surface area contributed by atoms with Crippen molar-refractivity contribution in [3.05, 3.63) is 18.0 Å². The minimum Gasteiger partial charge on any atom is -0.396 e. The fourth-order valence-corrected chi connectivity index (χ4v) is 2.62. The Balaban J connectivity index is 1.93. The highest BCUT2D eigenvalue weighted by atomic mass is 16.3. The molecule has 2 N–H and O–H groups in total. The lowest BCUT2D eigenvalue weighted by Crippen LogP contribution is -2.40. The maximum atomic E-state index is 11.1. The summed E-state index contributed by atoms with van der Waals surface area (Å²) in [5.74, 6) is 0.0780. The Bertz CT molecular complexity index is 432. The Morgan fingerprint density at radius 3 is 2.95 bits per heavy atom. The van der Waals surface area contributed by atoms with E-state index in [0.29, 0.717) is 0 Å². The number of aliphatic hydroxyl groups excluding tert-OH is 1. The van der Waals surface area contributed by atoms with Gasteiger partial charge < -0.3 is 10.4 Å². The van der Waals surface area contributed by atoms with E-state index in [2.05, 4.69) is 22.2 Å². The molecule has 1 aromatic rings. The number of aryl methyl sites for hydroxylation is 1. The summed E-state index contributed by atoms with van der Waals surface area (Å²) in [5, 5.41) is 16.5. The molecule has 1 aromatic heterocycles. The molecule has 0 bridgehead atoms. The number of hydrogen-bond acceptors (Lipinski definition) is 4. The van der Waals surface area contributed by atoms with Crippen molar-refractivity contribution in [1.82, 2.24) is 20.0 Å². The molecule has 6 heteroatoms. The molecule has 2 heterocycles. The summed E-state index contributed by atoms with van der Waals surface area (Å²) in [6, 6.07) is 0.0451. The second-order valence-electron chi connectivity index (χ2n) is 5.15. The predicted molar refractivity (Wildman–Crippen MR) is 71.4 cm³/mol. The minimum atomic E-state index is -0.0379. The van der Waals surface area contributed by atoms with Crippen LogP contribution >= 0.6 is 0 Å². The molecular formula is C13H22N4O2. The van der Waals surface area contributed by atoms with Crippen LogP contribution in [0.4, 0.5) is 0 Å². The normalized spacial score (nSPS) is 23.7. The lowest BCUT2D eigenvalue weighted by Gasteiger charge is -2.16. The fourth-order valence-electron chi connectivity index (χ4n) is 2.62. The van der Waals surface area contributed by atoms with Crippen molar-refractivity contribution in [3.8, 4) is 0 Å². The molecule has 1 fully saturated rings. The van der Waals surface area contributed by atoms with E-state index in [0.717, 1.165) is 26.2 Å². The number of nitrogens with zero attached hydrogens (tertiary/aromatic N) is 3. The molecule has 0 aromatic carbocycles. The van der Waals surface area contributed by atoms with Gasteiger partial charge in [0.1, 0.15) is 0 Å². The van der Waals surface area contributed by atoms with Crippen molar-refractivity contribution in [3.63, 3.8) is 0 Å². The Kier molecular flexibility index (Phi) is 4.55. The van der Waals surface area contributed by atoms with Crippen LogP contribution in [0.5, 0.6) is 0 Å². The maximum absolute atomic E-state index is 11.1. The van der Waals surface area contributed by atoms with Gasteiger partial charge in [0.2, 0.25) is 5.91 Å². The van der Waals surface area contributed by atoms with Crippen molar-refractivity contribution < 1.29 is 9.90 Å². The lowest BCUT2D eigenvalue weighted by molar-refractivity contribution is -0.119. The molecule has 1 aliphatic heterocycles. The highest BCUT2D eigenvalue weighted by molar-refractivity contribution is 5.73. The molecule has 6 nitrogen and oxygen atoms in total. The highest BCUT2D eigenvalue weighted by Gasteiger charge is 2.32. The molecule has 0 radical (unpaired) electrons. The van der Waals surface area contributed by atoms with Crippen LogP contribution in [0.3, 0.4) is 0 Å². The summed E-state index contributed by atoms with van der Waals surface area (Å²) in [7, 11) is 0. The van der Waals surface area contributed by atoms with Crippen molar-refractivity contribution in [1.29, 1.82) is 0 Å². The second-order valence-corrected chi connectivity index (χ2v) is 5.15. The largest absolute Gasteiger partial charge is 0.396 e. The van der Waals surface area contributed by atoms with E-state index in [1.165, 1.54) is 12.5 Å².